The van der Waals surface area contributed by atoms with E-state index in [1.807, 2.05) is 61.5 Å². The van der Waals surface area contributed by atoms with Gasteiger partial charge >= 0.3 is 0 Å². The fourth-order valence-electron chi connectivity index (χ4n) is 4.59. The zero-order chi connectivity index (χ0) is 23.4. The van der Waals surface area contributed by atoms with Crippen LogP contribution in [0.1, 0.15) is 41.0 Å². The molecule has 174 valence electrons. The Labute approximate surface area is 196 Å². The van der Waals surface area contributed by atoms with Crippen LogP contribution in [-0.2, 0) is 23.1 Å². The first-order valence-corrected chi connectivity index (χ1v) is 13.2. The number of nitrogens with zero attached hydrogens (tertiary/aromatic N) is 2. The van der Waals surface area contributed by atoms with Gasteiger partial charge in [-0.15, -0.1) is 0 Å². The molecule has 1 aliphatic heterocycles. The molecule has 0 spiro atoms. The number of halogens is 1. The molecule has 1 fully saturated rings. The zero-order valence-corrected chi connectivity index (χ0v) is 20.1. The van der Waals surface area contributed by atoms with Crippen molar-refractivity contribution >= 4 is 15.7 Å². The van der Waals surface area contributed by atoms with Crippen molar-refractivity contribution in [3.8, 4) is 0 Å². The van der Waals surface area contributed by atoms with Crippen LogP contribution >= 0.6 is 0 Å². The molecule has 0 aromatic heterocycles. The van der Waals surface area contributed by atoms with Gasteiger partial charge in [-0.1, -0.05) is 54.1 Å². The lowest BCUT2D eigenvalue weighted by molar-refractivity contribution is 0.204. The Hall–Kier alpha value is -2.70. The normalized spacial score (nSPS) is 15.5. The van der Waals surface area contributed by atoms with Crippen LogP contribution < -0.4 is 4.31 Å². The highest BCUT2D eigenvalue weighted by Crippen LogP contribution is 2.32. The Morgan fingerprint density at radius 3 is 2.21 bits per heavy atom. The Kier molecular flexibility index (Phi) is 7.15. The molecule has 1 heterocycles. The number of anilines is 1. The number of sulfonamides is 1. The van der Waals surface area contributed by atoms with Gasteiger partial charge in [-0.25, -0.2) is 12.8 Å². The molecule has 6 heteroatoms. The third kappa shape index (κ3) is 6.01. The zero-order valence-electron chi connectivity index (χ0n) is 19.2. The summed E-state index contributed by atoms with van der Waals surface area (Å²) in [5, 5.41) is 0. The quantitative estimate of drug-likeness (QED) is 0.463. The summed E-state index contributed by atoms with van der Waals surface area (Å²) in [6, 6.07) is 22.6. The summed E-state index contributed by atoms with van der Waals surface area (Å²) in [7, 11) is -3.42. The number of piperidine rings is 1. The Bertz CT molecular complexity index is 1170. The van der Waals surface area contributed by atoms with Gasteiger partial charge in [-0.3, -0.25) is 9.21 Å². The first kappa shape index (κ1) is 23.5. The van der Waals surface area contributed by atoms with Gasteiger partial charge in [-0.2, -0.15) is 0 Å². The van der Waals surface area contributed by atoms with Crippen molar-refractivity contribution in [2.45, 2.75) is 38.8 Å². The van der Waals surface area contributed by atoms with Crippen LogP contribution in [0.4, 0.5) is 10.1 Å². The van der Waals surface area contributed by atoms with Crippen LogP contribution in [-0.4, -0.2) is 32.7 Å². The molecule has 3 aromatic carbocycles. The lowest BCUT2D eigenvalue weighted by atomic mass is 9.86. The first-order valence-electron chi connectivity index (χ1n) is 11.4. The topological polar surface area (TPSA) is 40.6 Å². The van der Waals surface area contributed by atoms with Crippen molar-refractivity contribution in [3.63, 3.8) is 0 Å². The van der Waals surface area contributed by atoms with E-state index >= 15 is 0 Å². The van der Waals surface area contributed by atoms with E-state index in [1.165, 1.54) is 28.3 Å². The van der Waals surface area contributed by atoms with E-state index in [2.05, 4.69) is 11.0 Å². The molecule has 0 amide bonds. The number of hydrogen-bond acceptors (Lipinski definition) is 3. The highest BCUT2D eigenvalue weighted by Gasteiger charge is 2.25. The number of hydrogen-bond donors (Lipinski definition) is 0. The summed E-state index contributed by atoms with van der Waals surface area (Å²) in [5.41, 5.74) is 5.20. The number of aryl methyl sites for hydroxylation is 1. The number of likely N-dealkylation sites (tertiary alicyclic amines) is 1. The lowest BCUT2D eigenvalue weighted by Crippen LogP contribution is -2.33. The van der Waals surface area contributed by atoms with Gasteiger partial charge in [0.25, 0.3) is 0 Å². The summed E-state index contributed by atoms with van der Waals surface area (Å²) in [6.45, 7) is 5.07. The molecule has 4 nitrogen and oxygen atoms in total. The van der Waals surface area contributed by atoms with E-state index in [0.29, 0.717) is 18.2 Å². The second kappa shape index (κ2) is 10.1. The van der Waals surface area contributed by atoms with Gasteiger partial charge < -0.3 is 0 Å². The molecular formula is C27H31FN2O2S. The molecule has 0 radical (unpaired) electrons. The van der Waals surface area contributed by atoms with Crippen LogP contribution in [0.3, 0.4) is 0 Å². The molecular weight excluding hydrogens is 435 g/mol. The van der Waals surface area contributed by atoms with Crippen molar-refractivity contribution in [1.29, 1.82) is 0 Å². The highest BCUT2D eigenvalue weighted by atomic mass is 32.2. The minimum Gasteiger partial charge on any atom is -0.299 e. The Balaban J connectivity index is 1.48. The van der Waals surface area contributed by atoms with Gasteiger partial charge in [-0.05, 0) is 79.7 Å². The van der Waals surface area contributed by atoms with Crippen molar-refractivity contribution < 1.29 is 12.8 Å². The second-order valence-corrected chi connectivity index (χ2v) is 10.9. The van der Waals surface area contributed by atoms with Crippen LogP contribution in [0.2, 0.25) is 0 Å². The van der Waals surface area contributed by atoms with E-state index in [0.717, 1.165) is 49.2 Å². The van der Waals surface area contributed by atoms with Crippen LogP contribution in [0.25, 0.3) is 0 Å². The van der Waals surface area contributed by atoms with Gasteiger partial charge in [0.05, 0.1) is 18.5 Å². The second-order valence-electron chi connectivity index (χ2n) is 8.98. The summed E-state index contributed by atoms with van der Waals surface area (Å²) in [6.07, 6.45) is 3.30. The largest absolute Gasteiger partial charge is 0.299 e. The smallest absolute Gasteiger partial charge is 0.232 e. The third-order valence-electron chi connectivity index (χ3n) is 6.44. The Morgan fingerprint density at radius 1 is 0.939 bits per heavy atom. The predicted octanol–water partition coefficient (Wildman–Crippen LogP) is 5.48. The first-order chi connectivity index (χ1) is 15.8. The number of rotatable bonds is 7. The molecule has 0 atom stereocenters. The third-order valence-corrected chi connectivity index (χ3v) is 7.58. The van der Waals surface area contributed by atoms with Gasteiger partial charge in [0.1, 0.15) is 5.82 Å². The van der Waals surface area contributed by atoms with E-state index in [4.69, 9.17) is 0 Å². The molecule has 0 bridgehead atoms. The van der Waals surface area contributed by atoms with E-state index in [-0.39, 0.29) is 5.82 Å². The molecule has 4 rings (SSSR count). The predicted molar refractivity (Wildman–Crippen MR) is 132 cm³/mol. The molecule has 0 aliphatic carbocycles. The van der Waals surface area contributed by atoms with Gasteiger partial charge in [0.2, 0.25) is 10.0 Å². The van der Waals surface area contributed by atoms with Crippen molar-refractivity contribution in [2.75, 3.05) is 23.7 Å². The van der Waals surface area contributed by atoms with Crippen molar-refractivity contribution in [2.24, 2.45) is 0 Å². The maximum Gasteiger partial charge on any atom is 0.232 e. The van der Waals surface area contributed by atoms with E-state index in [9.17, 15) is 12.8 Å². The SMILES string of the molecule is Cc1ccc(N(Cc2ccccc2C2CCN(Cc3ccc(F)cc3)CC2)S(C)(=O)=O)cc1. The monoisotopic (exact) mass is 466 g/mol. The summed E-state index contributed by atoms with van der Waals surface area (Å²) >= 11 is 0. The fraction of sp³-hybridized carbons (Fsp3) is 0.333. The average Bonchev–Trinajstić information content (AvgIpc) is 2.80. The maximum absolute atomic E-state index is 13.2. The molecule has 0 unspecified atom stereocenters. The average molecular weight is 467 g/mol. The van der Waals surface area contributed by atoms with Crippen molar-refractivity contribution in [3.05, 3.63) is 101 Å². The minimum atomic E-state index is -3.42. The molecule has 33 heavy (non-hydrogen) atoms. The van der Waals surface area contributed by atoms with Crippen molar-refractivity contribution in [1.82, 2.24) is 4.90 Å². The lowest BCUT2D eigenvalue weighted by Gasteiger charge is -2.33. The van der Waals surface area contributed by atoms with Crippen LogP contribution in [0, 0.1) is 12.7 Å². The summed E-state index contributed by atoms with van der Waals surface area (Å²) in [5.74, 6) is 0.188. The van der Waals surface area contributed by atoms with Gasteiger partial charge in [0, 0.05) is 6.54 Å². The number of benzene rings is 3. The van der Waals surface area contributed by atoms with Crippen LogP contribution in [0.15, 0.2) is 72.8 Å². The molecule has 1 saturated heterocycles. The molecule has 0 N–H and O–H groups in total. The molecule has 1 aliphatic rings. The highest BCUT2D eigenvalue weighted by molar-refractivity contribution is 7.92. The summed E-state index contributed by atoms with van der Waals surface area (Å²) < 4.78 is 40.0. The van der Waals surface area contributed by atoms with Gasteiger partial charge in [0.15, 0.2) is 0 Å². The van der Waals surface area contributed by atoms with E-state index < -0.39 is 10.0 Å². The Morgan fingerprint density at radius 2 is 1.58 bits per heavy atom. The molecule has 0 saturated carbocycles. The van der Waals surface area contributed by atoms with E-state index in [1.54, 1.807) is 0 Å². The van der Waals surface area contributed by atoms with Crippen LogP contribution in [0.5, 0.6) is 0 Å². The minimum absolute atomic E-state index is 0.206. The maximum atomic E-state index is 13.2. The fourth-order valence-corrected chi connectivity index (χ4v) is 5.47. The molecule has 3 aromatic rings. The summed E-state index contributed by atoms with van der Waals surface area (Å²) in [4.78, 5) is 2.40. The standard InChI is InChI=1S/C27H31FN2O2S/c1-21-7-13-26(14-8-21)30(33(2,31)32)20-24-5-3-4-6-27(24)23-15-17-29(18-16-23)19-22-9-11-25(28)12-10-22/h3-14,23H,15-20H2,1-2H3.